The number of aliphatic imine (C=N–C) groups is 1. The van der Waals surface area contributed by atoms with Crippen LogP contribution in [0, 0.1) is 0 Å². The van der Waals surface area contributed by atoms with E-state index < -0.39 is 0 Å². The molecule has 0 aliphatic carbocycles. The summed E-state index contributed by atoms with van der Waals surface area (Å²) in [6.07, 6.45) is 1.77. The molecule has 0 aliphatic heterocycles. The summed E-state index contributed by atoms with van der Waals surface area (Å²) in [5.74, 6) is 0.623. The number of carbonyl (C=O) groups is 1. The van der Waals surface area contributed by atoms with Gasteiger partial charge in [-0.3, -0.25) is 14.8 Å². The van der Waals surface area contributed by atoms with Crippen LogP contribution in [0.2, 0.25) is 0 Å². The number of benzene rings is 1. The minimum absolute atomic E-state index is 0. The number of hydrogen-bond acceptors (Lipinski definition) is 4. The van der Waals surface area contributed by atoms with Gasteiger partial charge in [-0.1, -0.05) is 18.2 Å². The standard InChI is InChI=1S/C20H28N6O.HI/c1-21-20(25-15-18-9-4-5-10-22-18)24-14-16-7-6-8-17(13-16)19(27)23-11-12-26(2)3;/h4-10,13H,11-12,14-15H2,1-3H3,(H,23,27)(H2,21,24,25);1H. The number of nitrogens with one attached hydrogen (secondary N) is 3. The number of nitrogens with zero attached hydrogens (tertiary/aromatic N) is 3. The summed E-state index contributed by atoms with van der Waals surface area (Å²) in [6.45, 7) is 2.60. The van der Waals surface area contributed by atoms with E-state index in [0.29, 0.717) is 31.2 Å². The molecule has 0 saturated heterocycles. The van der Waals surface area contributed by atoms with Crippen molar-refractivity contribution in [1.29, 1.82) is 0 Å². The molecule has 1 heterocycles. The van der Waals surface area contributed by atoms with Gasteiger partial charge < -0.3 is 20.9 Å². The number of amides is 1. The van der Waals surface area contributed by atoms with Crippen molar-refractivity contribution in [2.45, 2.75) is 13.1 Å². The first-order chi connectivity index (χ1) is 13.1. The minimum Gasteiger partial charge on any atom is -0.352 e. The Balaban J connectivity index is 0.00000392. The van der Waals surface area contributed by atoms with Gasteiger partial charge in [0.25, 0.3) is 5.91 Å². The Labute approximate surface area is 184 Å². The van der Waals surface area contributed by atoms with Gasteiger partial charge in [0, 0.05) is 38.4 Å². The largest absolute Gasteiger partial charge is 0.352 e. The molecule has 0 aliphatic rings. The Bertz CT molecular complexity index is 751. The van der Waals surface area contributed by atoms with Crippen LogP contribution < -0.4 is 16.0 Å². The van der Waals surface area contributed by atoms with Gasteiger partial charge in [0.15, 0.2) is 5.96 Å². The van der Waals surface area contributed by atoms with Crippen molar-refractivity contribution >= 4 is 35.8 Å². The molecule has 0 bridgehead atoms. The highest BCUT2D eigenvalue weighted by Crippen LogP contribution is 2.05. The quantitative estimate of drug-likeness (QED) is 0.296. The number of carbonyl (C=O) groups excluding carboxylic acids is 1. The monoisotopic (exact) mass is 496 g/mol. The van der Waals surface area contributed by atoms with E-state index in [1.54, 1.807) is 13.2 Å². The zero-order valence-corrected chi connectivity index (χ0v) is 18.9. The van der Waals surface area contributed by atoms with Crippen LogP contribution in [-0.4, -0.2) is 56.0 Å². The lowest BCUT2D eigenvalue weighted by atomic mass is 10.1. The van der Waals surface area contributed by atoms with Crippen molar-refractivity contribution in [2.75, 3.05) is 34.2 Å². The zero-order valence-electron chi connectivity index (χ0n) is 16.6. The smallest absolute Gasteiger partial charge is 0.251 e. The maximum absolute atomic E-state index is 12.2. The molecular formula is C20H29IN6O. The van der Waals surface area contributed by atoms with E-state index in [-0.39, 0.29) is 29.9 Å². The molecule has 28 heavy (non-hydrogen) atoms. The molecule has 7 nitrogen and oxygen atoms in total. The number of hydrogen-bond donors (Lipinski definition) is 3. The average Bonchev–Trinajstić information content (AvgIpc) is 2.69. The predicted octanol–water partition coefficient (Wildman–Crippen LogP) is 1.86. The van der Waals surface area contributed by atoms with E-state index in [1.807, 2.05) is 61.5 Å². The Morgan fingerprint density at radius 2 is 1.86 bits per heavy atom. The molecule has 1 aromatic carbocycles. The van der Waals surface area contributed by atoms with E-state index in [4.69, 9.17) is 0 Å². The summed E-state index contributed by atoms with van der Waals surface area (Å²) in [7, 11) is 5.68. The van der Waals surface area contributed by atoms with E-state index in [2.05, 4.69) is 25.9 Å². The molecule has 0 fully saturated rings. The number of aromatic nitrogens is 1. The lowest BCUT2D eigenvalue weighted by Gasteiger charge is -2.13. The van der Waals surface area contributed by atoms with Gasteiger partial charge in [0.1, 0.15) is 0 Å². The molecule has 0 radical (unpaired) electrons. The fraction of sp³-hybridized carbons (Fsp3) is 0.350. The Morgan fingerprint density at radius 3 is 2.54 bits per heavy atom. The summed E-state index contributed by atoms with van der Waals surface area (Å²) < 4.78 is 0. The third kappa shape index (κ3) is 8.66. The van der Waals surface area contributed by atoms with E-state index in [1.165, 1.54) is 0 Å². The molecule has 1 amide bonds. The summed E-state index contributed by atoms with van der Waals surface area (Å²) in [5, 5.41) is 9.41. The van der Waals surface area contributed by atoms with Gasteiger partial charge in [-0.15, -0.1) is 24.0 Å². The van der Waals surface area contributed by atoms with Crippen molar-refractivity contribution in [2.24, 2.45) is 4.99 Å². The van der Waals surface area contributed by atoms with E-state index in [9.17, 15) is 4.79 Å². The number of likely N-dealkylation sites (N-methyl/N-ethyl adjacent to an activating group) is 1. The van der Waals surface area contributed by atoms with Crippen LogP contribution in [0.3, 0.4) is 0 Å². The number of pyridine rings is 1. The van der Waals surface area contributed by atoms with Crippen molar-refractivity contribution < 1.29 is 4.79 Å². The molecule has 0 spiro atoms. The molecular weight excluding hydrogens is 467 g/mol. The third-order valence-electron chi connectivity index (χ3n) is 3.88. The lowest BCUT2D eigenvalue weighted by Crippen LogP contribution is -2.36. The van der Waals surface area contributed by atoms with Crippen LogP contribution in [0.4, 0.5) is 0 Å². The van der Waals surface area contributed by atoms with E-state index in [0.717, 1.165) is 17.8 Å². The minimum atomic E-state index is -0.0589. The molecule has 2 aromatic rings. The first-order valence-corrected chi connectivity index (χ1v) is 8.95. The second kappa shape index (κ2) is 13.1. The average molecular weight is 496 g/mol. The van der Waals surface area contributed by atoms with Crippen molar-refractivity contribution in [3.05, 3.63) is 65.5 Å². The number of halogens is 1. The van der Waals surface area contributed by atoms with Crippen molar-refractivity contribution in [1.82, 2.24) is 25.8 Å². The molecule has 0 atom stereocenters. The predicted molar refractivity (Wildman–Crippen MR) is 124 cm³/mol. The first-order valence-electron chi connectivity index (χ1n) is 8.95. The molecule has 3 N–H and O–H groups in total. The highest BCUT2D eigenvalue weighted by Gasteiger charge is 2.06. The highest BCUT2D eigenvalue weighted by molar-refractivity contribution is 14.0. The number of guanidine groups is 1. The maximum Gasteiger partial charge on any atom is 0.251 e. The topological polar surface area (TPSA) is 81.7 Å². The molecule has 0 saturated carbocycles. The fourth-order valence-electron chi connectivity index (χ4n) is 2.40. The Morgan fingerprint density at radius 1 is 1.07 bits per heavy atom. The van der Waals surface area contributed by atoms with Crippen molar-refractivity contribution in [3.8, 4) is 0 Å². The van der Waals surface area contributed by atoms with Crippen molar-refractivity contribution in [3.63, 3.8) is 0 Å². The molecule has 0 unspecified atom stereocenters. The zero-order chi connectivity index (χ0) is 19.5. The lowest BCUT2D eigenvalue weighted by molar-refractivity contribution is 0.0951. The highest BCUT2D eigenvalue weighted by atomic mass is 127. The van der Waals surface area contributed by atoms with Gasteiger partial charge in [-0.25, -0.2) is 0 Å². The summed E-state index contributed by atoms with van der Waals surface area (Å²) in [6, 6.07) is 13.4. The second-order valence-electron chi connectivity index (χ2n) is 6.36. The Hall–Kier alpha value is -2.20. The number of rotatable bonds is 8. The normalized spacial score (nSPS) is 10.9. The van der Waals surface area contributed by atoms with Gasteiger partial charge >= 0.3 is 0 Å². The van der Waals surface area contributed by atoms with Crippen LogP contribution in [0.25, 0.3) is 0 Å². The first kappa shape index (κ1) is 23.8. The van der Waals surface area contributed by atoms with Gasteiger partial charge in [-0.05, 0) is 43.9 Å². The van der Waals surface area contributed by atoms with E-state index >= 15 is 0 Å². The van der Waals surface area contributed by atoms with Crippen LogP contribution in [0.5, 0.6) is 0 Å². The van der Waals surface area contributed by atoms with Gasteiger partial charge in [0.05, 0.1) is 12.2 Å². The van der Waals surface area contributed by atoms with Gasteiger partial charge in [-0.2, -0.15) is 0 Å². The molecule has 8 heteroatoms. The van der Waals surface area contributed by atoms with Gasteiger partial charge in [0.2, 0.25) is 0 Å². The van der Waals surface area contributed by atoms with Crippen LogP contribution in [0.15, 0.2) is 53.7 Å². The van der Waals surface area contributed by atoms with Crippen LogP contribution >= 0.6 is 24.0 Å². The fourth-order valence-corrected chi connectivity index (χ4v) is 2.40. The van der Waals surface area contributed by atoms with Crippen LogP contribution in [0.1, 0.15) is 21.6 Å². The summed E-state index contributed by atoms with van der Waals surface area (Å²) in [4.78, 5) is 22.8. The van der Waals surface area contributed by atoms with Crippen LogP contribution in [-0.2, 0) is 13.1 Å². The SMILES string of the molecule is CN=C(NCc1cccc(C(=O)NCCN(C)C)c1)NCc1ccccn1.I. The third-order valence-corrected chi connectivity index (χ3v) is 3.88. The summed E-state index contributed by atoms with van der Waals surface area (Å²) >= 11 is 0. The summed E-state index contributed by atoms with van der Waals surface area (Å²) in [5.41, 5.74) is 2.61. The second-order valence-corrected chi connectivity index (χ2v) is 6.36. The maximum atomic E-state index is 12.2. The molecule has 152 valence electrons. The Kier molecular flexibility index (Phi) is 11.1. The molecule has 2 rings (SSSR count). The molecule has 1 aromatic heterocycles.